The fraction of sp³-hybridized carbons (Fsp3) is 0.588. The van der Waals surface area contributed by atoms with E-state index in [1.807, 2.05) is 31.2 Å². The lowest BCUT2D eigenvalue weighted by atomic mass is 10.2. The predicted molar refractivity (Wildman–Crippen MR) is 84.6 cm³/mol. The van der Waals surface area contributed by atoms with E-state index in [-0.39, 0.29) is 5.91 Å². The highest BCUT2D eigenvalue weighted by Crippen LogP contribution is 2.11. The maximum Gasteiger partial charge on any atom is 0.223 e. The fourth-order valence-corrected chi connectivity index (χ4v) is 1.73. The van der Waals surface area contributed by atoms with Crippen molar-refractivity contribution in [3.63, 3.8) is 0 Å². The lowest BCUT2D eigenvalue weighted by Gasteiger charge is -2.08. The standard InChI is InChI=1S/C17H27NO3/c1-3-4-12-20-13-5-11-18-17(19)10-14-21-16-8-6-15(2)7-9-16/h6-9H,3-5,10-14H2,1-2H3,(H,18,19). The van der Waals surface area contributed by atoms with E-state index >= 15 is 0 Å². The zero-order valence-electron chi connectivity index (χ0n) is 13.2. The third kappa shape index (κ3) is 9.08. The van der Waals surface area contributed by atoms with Crippen LogP contribution in [0.1, 0.15) is 38.2 Å². The number of amides is 1. The number of carbonyl (C=O) groups is 1. The third-order valence-corrected chi connectivity index (χ3v) is 3.05. The van der Waals surface area contributed by atoms with Gasteiger partial charge in [0.2, 0.25) is 5.91 Å². The summed E-state index contributed by atoms with van der Waals surface area (Å²) in [6.07, 6.45) is 3.49. The number of unbranched alkanes of at least 4 members (excludes halogenated alkanes) is 1. The van der Waals surface area contributed by atoms with Crippen LogP contribution in [-0.2, 0) is 9.53 Å². The largest absolute Gasteiger partial charge is 0.493 e. The van der Waals surface area contributed by atoms with Gasteiger partial charge in [-0.1, -0.05) is 31.0 Å². The third-order valence-electron chi connectivity index (χ3n) is 3.05. The second kappa shape index (κ2) is 11.1. The Morgan fingerprint density at radius 3 is 2.52 bits per heavy atom. The van der Waals surface area contributed by atoms with Gasteiger partial charge in [-0.05, 0) is 31.9 Å². The molecule has 0 spiro atoms. The van der Waals surface area contributed by atoms with Crippen molar-refractivity contribution in [1.82, 2.24) is 5.32 Å². The summed E-state index contributed by atoms with van der Waals surface area (Å²) in [5.74, 6) is 0.827. The Bertz CT molecular complexity index is 390. The maximum absolute atomic E-state index is 11.6. The molecule has 0 saturated carbocycles. The van der Waals surface area contributed by atoms with Crippen LogP contribution in [0.15, 0.2) is 24.3 Å². The number of carbonyl (C=O) groups excluding carboxylic acids is 1. The minimum absolute atomic E-state index is 0.0238. The Morgan fingerprint density at radius 1 is 1.10 bits per heavy atom. The molecule has 4 nitrogen and oxygen atoms in total. The minimum atomic E-state index is 0.0238. The number of aryl methyl sites for hydroxylation is 1. The highest BCUT2D eigenvalue weighted by atomic mass is 16.5. The Labute approximate surface area is 127 Å². The molecule has 0 atom stereocenters. The van der Waals surface area contributed by atoms with E-state index in [2.05, 4.69) is 12.2 Å². The van der Waals surface area contributed by atoms with Gasteiger partial charge in [0.25, 0.3) is 0 Å². The Morgan fingerprint density at radius 2 is 1.81 bits per heavy atom. The highest BCUT2D eigenvalue weighted by Gasteiger charge is 2.01. The van der Waals surface area contributed by atoms with Gasteiger partial charge in [-0.2, -0.15) is 0 Å². The van der Waals surface area contributed by atoms with E-state index in [4.69, 9.17) is 9.47 Å². The zero-order chi connectivity index (χ0) is 15.3. The molecule has 1 aromatic rings. The van der Waals surface area contributed by atoms with Gasteiger partial charge < -0.3 is 14.8 Å². The molecule has 1 rings (SSSR count). The van der Waals surface area contributed by atoms with Crippen LogP contribution in [0, 0.1) is 6.92 Å². The van der Waals surface area contributed by atoms with Crippen molar-refractivity contribution in [3.8, 4) is 5.75 Å². The lowest BCUT2D eigenvalue weighted by molar-refractivity contribution is -0.121. The first kappa shape index (κ1) is 17.5. The first-order chi connectivity index (χ1) is 10.2. The molecule has 0 saturated heterocycles. The molecule has 0 fully saturated rings. The average molecular weight is 293 g/mol. The predicted octanol–water partition coefficient (Wildman–Crippen LogP) is 3.09. The van der Waals surface area contributed by atoms with Crippen molar-refractivity contribution in [1.29, 1.82) is 0 Å². The van der Waals surface area contributed by atoms with Crippen LogP contribution in [0.3, 0.4) is 0 Å². The van der Waals surface area contributed by atoms with Crippen LogP contribution in [0.4, 0.5) is 0 Å². The van der Waals surface area contributed by atoms with Gasteiger partial charge in [0.05, 0.1) is 13.0 Å². The first-order valence-corrected chi connectivity index (χ1v) is 7.76. The molecule has 0 unspecified atom stereocenters. The van der Waals surface area contributed by atoms with Crippen LogP contribution in [0.2, 0.25) is 0 Å². The molecule has 0 aliphatic carbocycles. The van der Waals surface area contributed by atoms with E-state index in [9.17, 15) is 4.79 Å². The van der Waals surface area contributed by atoms with Crippen LogP contribution < -0.4 is 10.1 Å². The molecule has 0 radical (unpaired) electrons. The van der Waals surface area contributed by atoms with Gasteiger partial charge in [0.15, 0.2) is 0 Å². The molecule has 0 heterocycles. The second-order valence-corrected chi connectivity index (χ2v) is 5.08. The van der Waals surface area contributed by atoms with Gasteiger partial charge >= 0.3 is 0 Å². The summed E-state index contributed by atoms with van der Waals surface area (Å²) in [5.41, 5.74) is 1.20. The molecule has 1 aromatic carbocycles. The number of rotatable bonds is 11. The van der Waals surface area contributed by atoms with Crippen molar-refractivity contribution in [2.24, 2.45) is 0 Å². The molecular formula is C17H27NO3. The van der Waals surface area contributed by atoms with Crippen LogP contribution >= 0.6 is 0 Å². The summed E-state index contributed by atoms with van der Waals surface area (Å²) >= 11 is 0. The number of ether oxygens (including phenoxy) is 2. The molecule has 1 amide bonds. The number of hydrogen-bond acceptors (Lipinski definition) is 3. The molecule has 1 N–H and O–H groups in total. The number of benzene rings is 1. The van der Waals surface area contributed by atoms with Gasteiger partial charge in [-0.15, -0.1) is 0 Å². The smallest absolute Gasteiger partial charge is 0.223 e. The van der Waals surface area contributed by atoms with E-state index in [1.54, 1.807) is 0 Å². The molecule has 0 aliphatic rings. The first-order valence-electron chi connectivity index (χ1n) is 7.76. The minimum Gasteiger partial charge on any atom is -0.493 e. The molecular weight excluding hydrogens is 266 g/mol. The van der Waals surface area contributed by atoms with E-state index in [1.165, 1.54) is 5.56 Å². The van der Waals surface area contributed by atoms with Crippen molar-refractivity contribution >= 4 is 5.91 Å². The average Bonchev–Trinajstić information content (AvgIpc) is 2.48. The van der Waals surface area contributed by atoms with Crippen molar-refractivity contribution in [2.75, 3.05) is 26.4 Å². The Hall–Kier alpha value is -1.55. The SMILES string of the molecule is CCCCOCCCNC(=O)CCOc1ccc(C)cc1. The summed E-state index contributed by atoms with van der Waals surface area (Å²) in [6, 6.07) is 7.82. The topological polar surface area (TPSA) is 47.6 Å². The van der Waals surface area contributed by atoms with Crippen molar-refractivity contribution in [2.45, 2.75) is 39.5 Å². The van der Waals surface area contributed by atoms with Gasteiger partial charge in [-0.25, -0.2) is 0 Å². The summed E-state index contributed by atoms with van der Waals surface area (Å²) < 4.78 is 10.9. The zero-order valence-corrected chi connectivity index (χ0v) is 13.2. The van der Waals surface area contributed by atoms with Crippen molar-refractivity contribution < 1.29 is 14.3 Å². The molecule has 0 aromatic heterocycles. The molecule has 4 heteroatoms. The molecule has 0 bridgehead atoms. The van der Waals surface area contributed by atoms with E-state index < -0.39 is 0 Å². The second-order valence-electron chi connectivity index (χ2n) is 5.08. The molecule has 21 heavy (non-hydrogen) atoms. The van der Waals surface area contributed by atoms with Gasteiger partial charge in [0.1, 0.15) is 5.75 Å². The normalized spacial score (nSPS) is 10.4. The Balaban J connectivity index is 1.97. The van der Waals surface area contributed by atoms with E-state index in [0.29, 0.717) is 26.2 Å². The van der Waals surface area contributed by atoms with E-state index in [0.717, 1.165) is 31.6 Å². The molecule has 0 aliphatic heterocycles. The monoisotopic (exact) mass is 293 g/mol. The van der Waals surface area contributed by atoms with Crippen LogP contribution in [0.25, 0.3) is 0 Å². The van der Waals surface area contributed by atoms with Crippen LogP contribution in [-0.4, -0.2) is 32.3 Å². The summed E-state index contributed by atoms with van der Waals surface area (Å²) in [7, 11) is 0. The molecule has 118 valence electrons. The fourth-order valence-electron chi connectivity index (χ4n) is 1.73. The highest BCUT2D eigenvalue weighted by molar-refractivity contribution is 5.75. The maximum atomic E-state index is 11.6. The van der Waals surface area contributed by atoms with Crippen LogP contribution in [0.5, 0.6) is 5.75 Å². The lowest BCUT2D eigenvalue weighted by Crippen LogP contribution is -2.26. The summed E-state index contributed by atoms with van der Waals surface area (Å²) in [4.78, 5) is 11.6. The summed E-state index contributed by atoms with van der Waals surface area (Å²) in [6.45, 7) is 6.76. The van der Waals surface area contributed by atoms with Gasteiger partial charge in [0, 0.05) is 19.8 Å². The number of nitrogens with one attached hydrogen (secondary N) is 1. The quantitative estimate of drug-likeness (QED) is 0.638. The summed E-state index contributed by atoms with van der Waals surface area (Å²) in [5, 5.41) is 2.87. The number of hydrogen-bond donors (Lipinski definition) is 1. The Kier molecular flexibility index (Phi) is 9.29. The van der Waals surface area contributed by atoms with Gasteiger partial charge in [-0.3, -0.25) is 4.79 Å². The van der Waals surface area contributed by atoms with Crippen molar-refractivity contribution in [3.05, 3.63) is 29.8 Å².